The van der Waals surface area contributed by atoms with Gasteiger partial charge in [0, 0.05) is 6.54 Å². The number of amides is 1. The van der Waals surface area contributed by atoms with Crippen molar-refractivity contribution in [3.8, 4) is 0 Å². The number of hydrogen-bond acceptors (Lipinski definition) is 7. The number of unbranched alkanes of at least 4 members (excludes halogenated alkanes) is 22. The third kappa shape index (κ3) is 34.0. The van der Waals surface area contributed by atoms with Gasteiger partial charge >= 0.3 is 7.82 Å². The van der Waals surface area contributed by atoms with Crippen molar-refractivity contribution in [2.45, 2.75) is 205 Å². The molecule has 10 heteroatoms. The van der Waals surface area contributed by atoms with Crippen LogP contribution in [0.4, 0.5) is 0 Å². The molecule has 50 heavy (non-hydrogen) atoms. The first-order valence-electron chi connectivity index (χ1n) is 20.5. The van der Waals surface area contributed by atoms with Gasteiger partial charge in [0.2, 0.25) is 5.91 Å². The fourth-order valence-electron chi connectivity index (χ4n) is 5.94. The predicted molar refractivity (Wildman–Crippen MR) is 209 cm³/mol. The topological polar surface area (TPSA) is 151 Å². The SMILES string of the molecule is CCCCCCCC/C=C\CCCC(O)CC(=O)NC(COP(=O)(O)OCCN)C(O)/C=C/CCCCCCCCCCCCCCCCC. The van der Waals surface area contributed by atoms with E-state index in [1.807, 2.05) is 6.08 Å². The molecule has 0 rings (SSSR count). The van der Waals surface area contributed by atoms with Crippen LogP contribution in [0.5, 0.6) is 0 Å². The van der Waals surface area contributed by atoms with Crippen molar-refractivity contribution < 1.29 is 33.5 Å². The van der Waals surface area contributed by atoms with E-state index in [1.54, 1.807) is 6.08 Å². The summed E-state index contributed by atoms with van der Waals surface area (Å²) in [6.45, 7) is 3.94. The summed E-state index contributed by atoms with van der Waals surface area (Å²) in [7, 11) is -4.40. The van der Waals surface area contributed by atoms with Crippen LogP contribution >= 0.6 is 7.82 Å². The maximum absolute atomic E-state index is 12.7. The summed E-state index contributed by atoms with van der Waals surface area (Å²) in [5.74, 6) is -0.463. The van der Waals surface area contributed by atoms with Gasteiger partial charge in [-0.05, 0) is 44.9 Å². The Morgan fingerprint density at radius 2 is 1.12 bits per heavy atom. The van der Waals surface area contributed by atoms with E-state index >= 15 is 0 Å². The third-order valence-electron chi connectivity index (χ3n) is 9.08. The van der Waals surface area contributed by atoms with E-state index in [-0.39, 0.29) is 19.6 Å². The summed E-state index contributed by atoms with van der Waals surface area (Å²) in [5.41, 5.74) is 5.35. The van der Waals surface area contributed by atoms with Crippen molar-refractivity contribution in [1.82, 2.24) is 5.32 Å². The second kappa shape index (κ2) is 36.3. The van der Waals surface area contributed by atoms with Crippen LogP contribution in [0, 0.1) is 0 Å². The van der Waals surface area contributed by atoms with E-state index in [2.05, 4.69) is 31.3 Å². The monoisotopic (exact) mass is 731 g/mol. The van der Waals surface area contributed by atoms with Crippen LogP contribution in [-0.2, 0) is 18.4 Å². The number of aliphatic hydroxyl groups is 2. The summed E-state index contributed by atoms with van der Waals surface area (Å²) >= 11 is 0. The third-order valence-corrected chi connectivity index (χ3v) is 10.1. The highest BCUT2D eigenvalue weighted by atomic mass is 31.2. The van der Waals surface area contributed by atoms with E-state index in [0.717, 1.165) is 38.5 Å². The zero-order valence-electron chi connectivity index (χ0n) is 32.3. The lowest BCUT2D eigenvalue weighted by atomic mass is 10.0. The van der Waals surface area contributed by atoms with Gasteiger partial charge in [0.1, 0.15) is 0 Å². The van der Waals surface area contributed by atoms with Crippen LogP contribution in [0.1, 0.15) is 187 Å². The molecule has 4 atom stereocenters. The van der Waals surface area contributed by atoms with Crippen LogP contribution in [0.3, 0.4) is 0 Å². The highest BCUT2D eigenvalue weighted by Crippen LogP contribution is 2.43. The summed E-state index contributed by atoms with van der Waals surface area (Å²) in [6.07, 6.45) is 36.9. The Bertz CT molecular complexity index is 858. The zero-order valence-corrected chi connectivity index (χ0v) is 33.1. The van der Waals surface area contributed by atoms with Crippen LogP contribution in [-0.4, -0.2) is 59.0 Å². The Kier molecular flexibility index (Phi) is 35.5. The van der Waals surface area contributed by atoms with Gasteiger partial charge in [0.05, 0.1) is 37.9 Å². The molecule has 0 aliphatic heterocycles. The molecule has 0 aromatic rings. The zero-order chi connectivity index (χ0) is 37.0. The number of carbonyl (C=O) groups excluding carboxylic acids is 1. The average Bonchev–Trinajstić information content (AvgIpc) is 3.09. The second-order valence-electron chi connectivity index (χ2n) is 14.0. The molecule has 0 heterocycles. The number of nitrogens with one attached hydrogen (secondary N) is 1. The maximum Gasteiger partial charge on any atom is 0.472 e. The van der Waals surface area contributed by atoms with Crippen LogP contribution in [0.15, 0.2) is 24.3 Å². The standard InChI is InChI=1S/C40H79N2O7P/c1-3-5-7-9-11-13-15-16-17-18-19-20-22-24-26-28-30-32-39(44)38(36-49-50(46,47)48-34-33-41)42-40(45)35-37(43)31-29-27-25-23-21-14-12-10-8-6-4-2/h23,25,30,32,37-39,43-44H,3-22,24,26-29,31,33-36,41H2,1-2H3,(H,42,45)(H,46,47)/b25-23-,32-30+. The van der Waals surface area contributed by atoms with E-state index in [1.165, 1.54) is 122 Å². The minimum atomic E-state index is -4.40. The van der Waals surface area contributed by atoms with Gasteiger partial charge in [-0.1, -0.05) is 160 Å². The first-order valence-corrected chi connectivity index (χ1v) is 22.0. The lowest BCUT2D eigenvalue weighted by molar-refractivity contribution is -0.124. The lowest BCUT2D eigenvalue weighted by Crippen LogP contribution is -2.46. The molecule has 0 radical (unpaired) electrons. The molecular formula is C40H79N2O7P. The lowest BCUT2D eigenvalue weighted by Gasteiger charge is -2.24. The molecule has 0 aromatic heterocycles. The van der Waals surface area contributed by atoms with E-state index in [9.17, 15) is 24.5 Å². The Morgan fingerprint density at radius 3 is 1.60 bits per heavy atom. The molecule has 0 spiro atoms. The molecule has 0 aliphatic carbocycles. The molecule has 0 saturated carbocycles. The van der Waals surface area contributed by atoms with E-state index in [0.29, 0.717) is 6.42 Å². The fraction of sp³-hybridized carbons (Fsp3) is 0.875. The smallest absolute Gasteiger partial charge is 0.393 e. The number of rotatable bonds is 38. The van der Waals surface area contributed by atoms with Gasteiger partial charge in [-0.15, -0.1) is 0 Å². The molecule has 0 aliphatic rings. The molecular weight excluding hydrogens is 651 g/mol. The van der Waals surface area contributed by atoms with Crippen molar-refractivity contribution in [1.29, 1.82) is 0 Å². The quantitative estimate of drug-likeness (QED) is 0.0239. The van der Waals surface area contributed by atoms with Gasteiger partial charge in [0.15, 0.2) is 0 Å². The normalized spacial score (nSPS) is 15.1. The summed E-state index contributed by atoms with van der Waals surface area (Å²) in [4.78, 5) is 22.7. The van der Waals surface area contributed by atoms with E-state index in [4.69, 9.17) is 14.8 Å². The van der Waals surface area contributed by atoms with Gasteiger partial charge in [-0.2, -0.15) is 0 Å². The predicted octanol–water partition coefficient (Wildman–Crippen LogP) is 9.97. The Labute approximate surface area is 307 Å². The van der Waals surface area contributed by atoms with Crippen LogP contribution in [0.25, 0.3) is 0 Å². The highest BCUT2D eigenvalue weighted by molar-refractivity contribution is 7.47. The number of phosphoric ester groups is 1. The summed E-state index contributed by atoms with van der Waals surface area (Å²) in [6, 6.07) is -0.987. The number of aliphatic hydroxyl groups excluding tert-OH is 2. The molecule has 9 nitrogen and oxygen atoms in total. The van der Waals surface area contributed by atoms with Crippen molar-refractivity contribution in [2.75, 3.05) is 19.8 Å². The molecule has 0 aromatic carbocycles. The van der Waals surface area contributed by atoms with Crippen LogP contribution in [0.2, 0.25) is 0 Å². The van der Waals surface area contributed by atoms with Crippen LogP contribution < -0.4 is 11.1 Å². The van der Waals surface area contributed by atoms with Gasteiger partial charge in [0.25, 0.3) is 0 Å². The minimum Gasteiger partial charge on any atom is -0.393 e. The Hall–Kier alpha value is -1.06. The molecule has 0 saturated heterocycles. The number of phosphoric acid groups is 1. The Balaban J connectivity index is 4.40. The van der Waals surface area contributed by atoms with E-state index < -0.39 is 38.6 Å². The van der Waals surface area contributed by atoms with Gasteiger partial charge in [-0.25, -0.2) is 4.57 Å². The molecule has 296 valence electrons. The first-order chi connectivity index (χ1) is 24.3. The number of allylic oxidation sites excluding steroid dienone is 3. The van der Waals surface area contributed by atoms with Gasteiger partial charge < -0.3 is 26.2 Å². The second-order valence-corrected chi connectivity index (χ2v) is 15.5. The minimum absolute atomic E-state index is 0.0472. The molecule has 4 unspecified atom stereocenters. The molecule has 6 N–H and O–H groups in total. The maximum atomic E-state index is 12.7. The Morgan fingerprint density at radius 1 is 0.680 bits per heavy atom. The highest BCUT2D eigenvalue weighted by Gasteiger charge is 2.27. The molecule has 0 fully saturated rings. The van der Waals surface area contributed by atoms with Crippen molar-refractivity contribution >= 4 is 13.7 Å². The van der Waals surface area contributed by atoms with Gasteiger partial charge in [-0.3, -0.25) is 13.8 Å². The molecule has 1 amide bonds. The molecule has 0 bridgehead atoms. The van der Waals surface area contributed by atoms with Crippen molar-refractivity contribution in [3.05, 3.63) is 24.3 Å². The largest absolute Gasteiger partial charge is 0.472 e. The number of carbonyl (C=O) groups is 1. The van der Waals surface area contributed by atoms with Crippen molar-refractivity contribution in [2.24, 2.45) is 5.73 Å². The fourth-order valence-corrected chi connectivity index (χ4v) is 6.70. The van der Waals surface area contributed by atoms with Crippen molar-refractivity contribution in [3.63, 3.8) is 0 Å². The number of nitrogens with two attached hydrogens (primary N) is 1. The summed E-state index contributed by atoms with van der Waals surface area (Å²) < 4.78 is 22.0. The first kappa shape index (κ1) is 48.9. The average molecular weight is 731 g/mol. The number of hydrogen-bond donors (Lipinski definition) is 5. The summed E-state index contributed by atoms with van der Waals surface area (Å²) in [5, 5.41) is 23.9.